The first-order chi connectivity index (χ1) is 7.09. The molecule has 0 aromatic heterocycles. The number of nitrogens with two attached hydrogens (primary N) is 1. The lowest BCUT2D eigenvalue weighted by molar-refractivity contribution is -0.117. The number of anilines is 1. The number of aromatic carboxylic acids is 1. The Morgan fingerprint density at radius 3 is 2.81 bits per heavy atom. The van der Waals surface area contributed by atoms with Gasteiger partial charge in [-0.05, 0) is 18.1 Å². The van der Waals surface area contributed by atoms with Crippen LogP contribution in [0.5, 0.6) is 0 Å². The number of carbonyl (C=O) groups is 2. The predicted octanol–water partition coefficient (Wildman–Crippen LogP) is 0.628. The summed E-state index contributed by atoms with van der Waals surface area (Å²) < 4.78 is 0. The first-order valence-corrected chi connectivity index (χ1v) is 4.51. The predicted molar refractivity (Wildman–Crippen MR) is 61.0 cm³/mol. The van der Waals surface area contributed by atoms with Gasteiger partial charge >= 0.3 is 5.97 Å². The molecule has 0 saturated carbocycles. The van der Waals surface area contributed by atoms with Crippen molar-refractivity contribution in [1.82, 2.24) is 0 Å². The molecule has 1 unspecified atom stereocenters. The summed E-state index contributed by atoms with van der Waals surface area (Å²) in [7, 11) is 0. The summed E-state index contributed by atoms with van der Waals surface area (Å²) in [6, 6.07) is 4.27. The molecule has 0 fully saturated rings. The van der Waals surface area contributed by atoms with E-state index in [9.17, 15) is 9.59 Å². The Hall–Kier alpha value is -1.59. The van der Waals surface area contributed by atoms with E-state index < -0.39 is 12.0 Å². The normalized spacial score (nSPS) is 18.1. The second kappa shape index (κ2) is 4.51. The summed E-state index contributed by atoms with van der Waals surface area (Å²) in [5.41, 5.74) is 6.80. The van der Waals surface area contributed by atoms with Crippen molar-refractivity contribution in [2.75, 3.05) is 5.32 Å². The average molecular weight is 243 g/mol. The molecule has 1 atom stereocenters. The minimum absolute atomic E-state index is 0. The van der Waals surface area contributed by atoms with Crippen molar-refractivity contribution in [2.24, 2.45) is 5.73 Å². The number of hydrogen-bond donors (Lipinski definition) is 3. The topological polar surface area (TPSA) is 92.4 Å². The van der Waals surface area contributed by atoms with Gasteiger partial charge in [0, 0.05) is 0 Å². The molecule has 2 rings (SSSR count). The monoisotopic (exact) mass is 242 g/mol. The van der Waals surface area contributed by atoms with Crippen molar-refractivity contribution >= 4 is 30.0 Å². The molecule has 0 aliphatic carbocycles. The van der Waals surface area contributed by atoms with Crippen LogP contribution in [-0.4, -0.2) is 23.0 Å². The number of benzene rings is 1. The Kier molecular flexibility index (Phi) is 3.51. The maximum atomic E-state index is 11.3. The number of carboxylic acid groups (broad SMARTS) is 1. The van der Waals surface area contributed by atoms with Gasteiger partial charge < -0.3 is 16.2 Å². The van der Waals surface area contributed by atoms with Gasteiger partial charge in [-0.15, -0.1) is 12.4 Å². The van der Waals surface area contributed by atoms with Crippen molar-refractivity contribution in [3.8, 4) is 0 Å². The van der Waals surface area contributed by atoms with E-state index in [0.29, 0.717) is 12.1 Å². The third-order valence-corrected chi connectivity index (χ3v) is 2.41. The lowest BCUT2D eigenvalue weighted by Crippen LogP contribution is -2.41. The molecule has 0 radical (unpaired) electrons. The van der Waals surface area contributed by atoms with Crippen molar-refractivity contribution in [1.29, 1.82) is 0 Å². The van der Waals surface area contributed by atoms with E-state index in [0.717, 1.165) is 5.56 Å². The Labute approximate surface area is 98.0 Å². The Morgan fingerprint density at radius 1 is 1.50 bits per heavy atom. The van der Waals surface area contributed by atoms with Crippen LogP contribution < -0.4 is 11.1 Å². The van der Waals surface area contributed by atoms with Gasteiger partial charge in [-0.2, -0.15) is 0 Å². The average Bonchev–Trinajstić information content (AvgIpc) is 2.18. The van der Waals surface area contributed by atoms with Crippen molar-refractivity contribution < 1.29 is 14.7 Å². The minimum atomic E-state index is -1.05. The third-order valence-electron chi connectivity index (χ3n) is 2.41. The quantitative estimate of drug-likeness (QED) is 0.673. The van der Waals surface area contributed by atoms with Crippen LogP contribution in [0.4, 0.5) is 5.69 Å². The second-order valence-corrected chi connectivity index (χ2v) is 3.44. The fraction of sp³-hybridized carbons (Fsp3) is 0.200. The van der Waals surface area contributed by atoms with E-state index in [-0.39, 0.29) is 23.9 Å². The number of carboxylic acids is 1. The van der Waals surface area contributed by atoms with E-state index in [1.54, 1.807) is 12.1 Å². The highest BCUT2D eigenvalue weighted by molar-refractivity contribution is 6.04. The second-order valence-electron chi connectivity index (χ2n) is 3.44. The number of rotatable bonds is 1. The molecule has 1 aliphatic rings. The van der Waals surface area contributed by atoms with Crippen LogP contribution in [0.3, 0.4) is 0 Å². The number of para-hydroxylation sites is 1. The summed E-state index contributed by atoms with van der Waals surface area (Å²) in [6.07, 6.45) is 0.377. The molecule has 1 aromatic carbocycles. The van der Waals surface area contributed by atoms with Gasteiger partial charge in [-0.1, -0.05) is 12.1 Å². The lowest BCUT2D eigenvalue weighted by atomic mass is 9.96. The zero-order valence-electron chi connectivity index (χ0n) is 8.27. The molecule has 0 bridgehead atoms. The summed E-state index contributed by atoms with van der Waals surface area (Å²) in [4.78, 5) is 22.2. The van der Waals surface area contributed by atoms with Gasteiger partial charge in [0.25, 0.3) is 0 Å². The minimum Gasteiger partial charge on any atom is -0.478 e. The number of hydrogen-bond acceptors (Lipinski definition) is 3. The van der Waals surface area contributed by atoms with Gasteiger partial charge in [0.15, 0.2) is 0 Å². The van der Waals surface area contributed by atoms with E-state index in [2.05, 4.69) is 5.32 Å². The van der Waals surface area contributed by atoms with Gasteiger partial charge in [0.2, 0.25) is 5.91 Å². The van der Waals surface area contributed by atoms with E-state index in [1.807, 2.05) is 0 Å². The van der Waals surface area contributed by atoms with E-state index in [4.69, 9.17) is 10.8 Å². The summed E-state index contributed by atoms with van der Waals surface area (Å²) in [5, 5.41) is 11.4. The first kappa shape index (κ1) is 12.5. The molecule has 4 N–H and O–H groups in total. The molecule has 6 heteroatoms. The molecule has 0 spiro atoms. The zero-order chi connectivity index (χ0) is 11.0. The summed E-state index contributed by atoms with van der Waals surface area (Å²) >= 11 is 0. The van der Waals surface area contributed by atoms with Crippen LogP contribution >= 0.6 is 12.4 Å². The van der Waals surface area contributed by atoms with Crippen LogP contribution in [0.2, 0.25) is 0 Å². The standard InChI is InChI=1S/C10H10N2O3.ClH/c11-7-4-5-2-1-3-6(10(14)15)8(5)12-9(7)13;/h1-3,7H,4,11H2,(H,12,13)(H,14,15);1H. The lowest BCUT2D eigenvalue weighted by Gasteiger charge is -2.22. The van der Waals surface area contributed by atoms with E-state index in [1.165, 1.54) is 6.07 Å². The van der Waals surface area contributed by atoms with Crippen LogP contribution in [0.25, 0.3) is 0 Å². The van der Waals surface area contributed by atoms with Crippen LogP contribution in [-0.2, 0) is 11.2 Å². The first-order valence-electron chi connectivity index (χ1n) is 4.51. The molecular formula is C10H11ClN2O3. The van der Waals surface area contributed by atoms with Crippen molar-refractivity contribution in [3.63, 3.8) is 0 Å². The largest absolute Gasteiger partial charge is 0.478 e. The molecule has 0 saturated heterocycles. The maximum absolute atomic E-state index is 11.3. The Morgan fingerprint density at radius 2 is 2.19 bits per heavy atom. The van der Waals surface area contributed by atoms with Gasteiger partial charge in [-0.3, -0.25) is 4.79 Å². The SMILES string of the molecule is Cl.NC1Cc2cccc(C(=O)O)c2NC1=O. The summed E-state index contributed by atoms with van der Waals surface area (Å²) in [6.45, 7) is 0. The highest BCUT2D eigenvalue weighted by Crippen LogP contribution is 2.26. The highest BCUT2D eigenvalue weighted by atomic mass is 35.5. The number of fused-ring (bicyclic) bond motifs is 1. The van der Waals surface area contributed by atoms with Crippen LogP contribution in [0.1, 0.15) is 15.9 Å². The van der Waals surface area contributed by atoms with E-state index >= 15 is 0 Å². The molecule has 86 valence electrons. The Bertz CT molecular complexity index is 448. The molecule has 1 amide bonds. The van der Waals surface area contributed by atoms with Crippen molar-refractivity contribution in [3.05, 3.63) is 29.3 Å². The number of nitrogens with one attached hydrogen (secondary N) is 1. The van der Waals surface area contributed by atoms with Crippen molar-refractivity contribution in [2.45, 2.75) is 12.5 Å². The molecular weight excluding hydrogens is 232 g/mol. The molecule has 1 aliphatic heterocycles. The highest BCUT2D eigenvalue weighted by Gasteiger charge is 2.25. The number of amides is 1. The molecule has 16 heavy (non-hydrogen) atoms. The zero-order valence-corrected chi connectivity index (χ0v) is 9.08. The number of halogens is 1. The van der Waals surface area contributed by atoms with Gasteiger partial charge in [0.05, 0.1) is 17.3 Å². The molecule has 1 aromatic rings. The van der Waals surface area contributed by atoms with Gasteiger partial charge in [-0.25, -0.2) is 4.79 Å². The maximum Gasteiger partial charge on any atom is 0.337 e. The fourth-order valence-corrected chi connectivity index (χ4v) is 1.64. The Balaban J connectivity index is 0.00000128. The fourth-order valence-electron chi connectivity index (χ4n) is 1.64. The summed E-state index contributed by atoms with van der Waals surface area (Å²) in [5.74, 6) is -1.39. The molecule has 5 nitrogen and oxygen atoms in total. The van der Waals surface area contributed by atoms with Crippen LogP contribution in [0.15, 0.2) is 18.2 Å². The molecule has 1 heterocycles. The van der Waals surface area contributed by atoms with Crippen LogP contribution in [0, 0.1) is 0 Å². The number of carbonyl (C=O) groups excluding carboxylic acids is 1. The van der Waals surface area contributed by atoms with Gasteiger partial charge in [0.1, 0.15) is 0 Å². The third kappa shape index (κ3) is 2.00. The smallest absolute Gasteiger partial charge is 0.337 e.